The molecule has 0 bridgehead atoms. The largest absolute Gasteiger partial charge is 0.494 e. The Balaban J connectivity index is 0.964. The van der Waals surface area contributed by atoms with E-state index in [4.69, 9.17) is 21.2 Å². The van der Waals surface area contributed by atoms with Crippen molar-refractivity contribution in [2.24, 2.45) is 23.3 Å². The summed E-state index contributed by atoms with van der Waals surface area (Å²) in [5.74, 6) is 2.57. The number of aromatic nitrogens is 2. The van der Waals surface area contributed by atoms with Crippen molar-refractivity contribution in [2.45, 2.75) is 369 Å². The molecule has 116 heavy (non-hydrogen) atoms. The van der Waals surface area contributed by atoms with E-state index in [0.717, 1.165) is 141 Å². The van der Waals surface area contributed by atoms with Crippen molar-refractivity contribution in [3.05, 3.63) is 116 Å². The molecule has 2 aliphatic heterocycles. The number of nitrogens with two attached hydrogens (primary N) is 2. The third-order valence-electron chi connectivity index (χ3n) is 24.6. The average Bonchev–Trinajstić information content (AvgIpc) is 1.56. The fourth-order valence-electron chi connectivity index (χ4n) is 17.7. The Morgan fingerprint density at radius 2 is 0.733 bits per heavy atom. The van der Waals surface area contributed by atoms with E-state index in [1.807, 2.05) is 34.0 Å². The van der Waals surface area contributed by atoms with Gasteiger partial charge in [0.2, 0.25) is 0 Å². The number of benzene rings is 2. The lowest BCUT2D eigenvalue weighted by Crippen LogP contribution is -2.34. The van der Waals surface area contributed by atoms with Gasteiger partial charge in [-0.3, -0.25) is 9.59 Å². The third kappa shape index (κ3) is 24.8. The smallest absolute Gasteiger partial charge is 0.261 e. The fraction of sp³-hybridized carbons (Fsp3) is 0.614. The minimum absolute atomic E-state index is 0.00137. The molecule has 0 saturated carbocycles. The van der Waals surface area contributed by atoms with Crippen LogP contribution in [-0.2, 0) is 27.2 Å². The Morgan fingerprint density at radius 1 is 0.371 bits per heavy atom. The molecule has 2 aliphatic rings. The molecule has 0 aliphatic carbocycles. The maximum Gasteiger partial charge on any atom is 0.261 e. The van der Waals surface area contributed by atoms with Gasteiger partial charge in [0, 0.05) is 86.1 Å². The van der Waals surface area contributed by atoms with Gasteiger partial charge in [0.05, 0.1) is 59.3 Å². The van der Waals surface area contributed by atoms with Crippen molar-refractivity contribution in [2.75, 3.05) is 19.7 Å². The highest BCUT2D eigenvalue weighted by Crippen LogP contribution is 2.54. The first-order chi connectivity index (χ1) is 56.5. The maximum absolute atomic E-state index is 16.5. The molecule has 2 amide bonds. The molecule has 2 unspecified atom stereocenters. The van der Waals surface area contributed by atoms with Crippen molar-refractivity contribution in [1.29, 1.82) is 0 Å². The molecular formula is C101H146N6O3S6. The zero-order chi connectivity index (χ0) is 81.8. The number of aryl methyl sites for hydroxylation is 1. The molecule has 9 heterocycles. The topological polar surface area (TPSA) is 120 Å². The number of carbonyl (C=O) groups is 2. The molecule has 11 rings (SSSR count). The number of ether oxygens (including phenoxy) is 1. The summed E-state index contributed by atoms with van der Waals surface area (Å²) in [4.78, 5) is 54.4. The number of hydrogen-bond donors (Lipinski definition) is 2. The number of imidazole rings is 1. The second kappa shape index (κ2) is 46.7. The zero-order valence-electron chi connectivity index (χ0n) is 73.3. The third-order valence-corrected chi connectivity index (χ3v) is 32.6. The molecule has 634 valence electrons. The highest BCUT2D eigenvalue weighted by atomic mass is 32.1. The van der Waals surface area contributed by atoms with Gasteiger partial charge in [0.15, 0.2) is 0 Å². The van der Waals surface area contributed by atoms with Crippen LogP contribution in [-0.4, -0.2) is 50.9 Å². The number of amides is 2. The van der Waals surface area contributed by atoms with Crippen LogP contribution >= 0.6 is 68.0 Å². The van der Waals surface area contributed by atoms with Crippen LogP contribution in [0.4, 0.5) is 0 Å². The van der Waals surface area contributed by atoms with Crippen molar-refractivity contribution in [3.63, 3.8) is 0 Å². The highest BCUT2D eigenvalue weighted by Gasteiger charge is 2.50. The number of unbranched alkanes of at least 4 members (excludes halogenated alkanes) is 34. The molecule has 15 heteroatoms. The fourth-order valence-corrected chi connectivity index (χ4v) is 24.6. The lowest BCUT2D eigenvalue weighted by molar-refractivity contribution is -0.124. The number of thiophene rings is 6. The molecule has 9 nitrogen and oxygen atoms in total. The van der Waals surface area contributed by atoms with Gasteiger partial charge in [-0.25, -0.2) is 4.98 Å². The molecular weight excluding hydrogens is 1540 g/mol. The summed E-state index contributed by atoms with van der Waals surface area (Å²) in [6, 6.07) is 31.6. The van der Waals surface area contributed by atoms with E-state index < -0.39 is 11.1 Å². The second-order valence-electron chi connectivity index (χ2n) is 35.6. The van der Waals surface area contributed by atoms with Crippen LogP contribution in [0, 0.1) is 11.8 Å². The summed E-state index contributed by atoms with van der Waals surface area (Å²) in [7, 11) is 0. The van der Waals surface area contributed by atoms with Crippen LogP contribution in [0.2, 0.25) is 0 Å². The van der Waals surface area contributed by atoms with E-state index in [9.17, 15) is 0 Å². The van der Waals surface area contributed by atoms with Crippen LogP contribution in [0.3, 0.4) is 0 Å². The minimum Gasteiger partial charge on any atom is -0.494 e. The number of carbonyl (C=O) groups excluding carboxylic acids is 2. The lowest BCUT2D eigenvalue weighted by atomic mass is 9.93. The molecule has 0 fully saturated rings. The van der Waals surface area contributed by atoms with E-state index in [2.05, 4.69) is 169 Å². The summed E-state index contributed by atoms with van der Waals surface area (Å²) in [5, 5.41) is 2.44. The summed E-state index contributed by atoms with van der Waals surface area (Å²) < 4.78 is 11.6. The summed E-state index contributed by atoms with van der Waals surface area (Å²) >= 11 is 10.8. The van der Waals surface area contributed by atoms with E-state index in [-0.39, 0.29) is 11.8 Å². The van der Waals surface area contributed by atoms with Gasteiger partial charge in [0.1, 0.15) is 11.6 Å². The normalized spacial score (nSPS) is 14.2. The minimum atomic E-state index is -0.526. The SMILES string of the molecule is CCCCCCCCCCCCOc1ccc(-c2nc3c4cc(-c5ccc(-c6ccc(C7=C8C(=O)N(CC(CCCCCC)CCCCCCCC)C(c9ccc(-c%10ccc(C(C)(C)N)s%10)s9)=C8C(=O)N7CC(CCCCCC)CCCCCCCC)s6)s5)sc4c4sc(C(C)(C)N)cc4c3n2CCCCCCCCCCCC)cc1. The predicted octanol–water partition coefficient (Wildman–Crippen LogP) is 32.5. The molecule has 9 aromatic rings. The molecule has 0 saturated heterocycles. The Kier molecular flexibility index (Phi) is 36.8. The molecule has 0 radical (unpaired) electrons. The quantitative estimate of drug-likeness (QED) is 0.0367. The van der Waals surface area contributed by atoms with Gasteiger partial charge in [-0.15, -0.1) is 68.0 Å². The second-order valence-corrected chi connectivity index (χ2v) is 42.1. The van der Waals surface area contributed by atoms with Crippen LogP contribution in [0.15, 0.2) is 96.1 Å². The maximum atomic E-state index is 16.5. The number of nitrogens with zero attached hydrogens (tertiary/aromatic N) is 4. The molecule has 2 atom stereocenters. The Morgan fingerprint density at radius 3 is 1.16 bits per heavy atom. The van der Waals surface area contributed by atoms with E-state index >= 15 is 9.59 Å². The highest BCUT2D eigenvalue weighted by molar-refractivity contribution is 7.32. The number of rotatable bonds is 59. The standard InChI is InChI=1S/C101H146N6O3S6/c1-11-17-23-29-33-35-37-39-43-49-67-105-92-78-70-88(101(9,10)103)116-96(78)95-77(91(92)104-97(105)75-55-57-76(58-56-75)110-68-50-44-40-38-36-34-30-24-18-12-2)69-86(115-95)83-60-59-79(111-83)80-61-63-84(112-80)93-89-90(99(109)106(93)71-73(51-45-27-21-15-5)53-47-41-31-25-19-13-3)94(85-64-62-81(113-85)82-65-66-87(114-82)100(7,8)102)107(98(89)108)72-74(52-46-28-22-16-6)54-48-42-32-26-20-14-4/h55-66,69-70,73-74H,11-54,67-68,71-72,102-103H2,1-10H3. The predicted molar refractivity (Wildman–Crippen MR) is 512 cm³/mol. The first-order valence-electron chi connectivity index (χ1n) is 46.7. The van der Waals surface area contributed by atoms with Crippen LogP contribution in [0.25, 0.3) is 83.3 Å². The average molecular weight is 1680 g/mol. The van der Waals surface area contributed by atoms with Gasteiger partial charge in [0.25, 0.3) is 11.8 Å². The van der Waals surface area contributed by atoms with Crippen LogP contribution in [0.1, 0.15) is 371 Å². The van der Waals surface area contributed by atoms with Gasteiger partial charge in [-0.05, 0) is 163 Å². The van der Waals surface area contributed by atoms with E-state index in [0.29, 0.717) is 36.1 Å². The summed E-state index contributed by atoms with van der Waals surface area (Å²) in [5.41, 5.74) is 19.1. The van der Waals surface area contributed by atoms with Crippen LogP contribution in [0.5, 0.6) is 5.75 Å². The Hall–Kier alpha value is -5.23. The molecule has 0 spiro atoms. The monoisotopic (exact) mass is 1680 g/mol. The Bertz CT molecular complexity index is 4530. The van der Waals surface area contributed by atoms with Crippen molar-refractivity contribution >= 4 is 122 Å². The van der Waals surface area contributed by atoms with Gasteiger partial charge >= 0.3 is 0 Å². The summed E-state index contributed by atoms with van der Waals surface area (Å²) in [6.07, 6.45) is 54.7. The van der Waals surface area contributed by atoms with Gasteiger partial charge in [-0.2, -0.15) is 0 Å². The van der Waals surface area contributed by atoms with E-state index in [1.165, 1.54) is 264 Å². The zero-order valence-corrected chi connectivity index (χ0v) is 78.2. The van der Waals surface area contributed by atoms with Crippen LogP contribution < -0.4 is 16.2 Å². The van der Waals surface area contributed by atoms with Crippen molar-refractivity contribution in [3.8, 4) is 46.4 Å². The molecule has 4 N–H and O–H groups in total. The Labute approximate surface area is 724 Å². The van der Waals surface area contributed by atoms with Crippen molar-refractivity contribution < 1.29 is 14.3 Å². The van der Waals surface area contributed by atoms with Crippen molar-refractivity contribution in [1.82, 2.24) is 19.4 Å². The number of fused-ring (bicyclic) bond motifs is 7. The lowest BCUT2D eigenvalue weighted by Gasteiger charge is -2.29. The van der Waals surface area contributed by atoms with Gasteiger partial charge < -0.3 is 30.6 Å². The first kappa shape index (κ1) is 91.5. The van der Waals surface area contributed by atoms with E-state index in [1.54, 1.807) is 34.0 Å². The molecule has 7 aromatic heterocycles. The number of hydrogen-bond acceptors (Lipinski definition) is 12. The first-order valence-corrected chi connectivity index (χ1v) is 51.6. The summed E-state index contributed by atoms with van der Waals surface area (Å²) in [6.45, 7) is 25.1. The molecule has 2 aromatic carbocycles. The van der Waals surface area contributed by atoms with Gasteiger partial charge in [-0.1, -0.05) is 286 Å².